The number of hydrogen-bond acceptors (Lipinski definition) is 4. The Balaban J connectivity index is 1.37. The van der Waals surface area contributed by atoms with Gasteiger partial charge in [-0.3, -0.25) is 4.79 Å². The van der Waals surface area contributed by atoms with Gasteiger partial charge < -0.3 is 4.74 Å². The molecular weight excluding hydrogens is 444 g/mol. The second-order valence-electron chi connectivity index (χ2n) is 8.70. The fourth-order valence-electron chi connectivity index (χ4n) is 3.90. The fraction of sp³-hybridized carbons (Fsp3) is 0.414. The Morgan fingerprint density at radius 2 is 1.24 bits per heavy atom. The summed E-state index contributed by atoms with van der Waals surface area (Å²) in [6.45, 7) is 3.03. The summed E-state index contributed by atoms with van der Waals surface area (Å²) in [7, 11) is 0. The largest absolute Gasteiger partial charge is 0.494 e. The minimum Gasteiger partial charge on any atom is -0.494 e. The van der Waals surface area contributed by atoms with Gasteiger partial charge in [-0.2, -0.15) is 0 Å². The van der Waals surface area contributed by atoms with Crippen LogP contribution in [0.3, 0.4) is 0 Å². The molecule has 0 spiro atoms. The maximum absolute atomic E-state index is 11.2. The first kappa shape index (κ1) is 25.9. The van der Waals surface area contributed by atoms with Crippen molar-refractivity contribution in [1.82, 2.24) is 9.97 Å². The van der Waals surface area contributed by atoms with Crippen molar-refractivity contribution in [3.8, 4) is 28.3 Å². The molecular formula is C29H35ClN2O2. The number of ether oxygens (including phenoxy) is 1. The number of carbonyl (C=O) groups excluding carboxylic acids is 1. The van der Waals surface area contributed by atoms with Crippen LogP contribution in [0.2, 0.25) is 0 Å². The molecule has 34 heavy (non-hydrogen) atoms. The van der Waals surface area contributed by atoms with Crippen LogP contribution in [-0.2, 0) is 0 Å². The predicted molar refractivity (Wildman–Crippen MR) is 140 cm³/mol. The van der Waals surface area contributed by atoms with Crippen LogP contribution in [0.4, 0.5) is 0 Å². The summed E-state index contributed by atoms with van der Waals surface area (Å²) in [6, 6.07) is 15.0. The zero-order valence-corrected chi connectivity index (χ0v) is 20.9. The molecule has 0 aliphatic carbocycles. The van der Waals surface area contributed by atoms with Gasteiger partial charge in [0, 0.05) is 29.1 Å². The van der Waals surface area contributed by atoms with E-state index in [1.54, 1.807) is 24.3 Å². The quantitative estimate of drug-likeness (QED) is 0.162. The first-order chi connectivity index (χ1) is 16.7. The highest BCUT2D eigenvalue weighted by molar-refractivity contribution is 6.67. The van der Waals surface area contributed by atoms with Crippen molar-refractivity contribution in [3.05, 3.63) is 66.5 Å². The molecule has 0 unspecified atom stereocenters. The zero-order valence-electron chi connectivity index (χ0n) is 20.1. The third-order valence-electron chi connectivity index (χ3n) is 5.98. The average molecular weight is 479 g/mol. The molecule has 0 aliphatic heterocycles. The molecule has 0 saturated heterocycles. The van der Waals surface area contributed by atoms with Crippen molar-refractivity contribution in [2.75, 3.05) is 6.61 Å². The minimum atomic E-state index is -0.473. The van der Waals surface area contributed by atoms with Crippen LogP contribution < -0.4 is 4.74 Å². The molecule has 0 atom stereocenters. The first-order valence-corrected chi connectivity index (χ1v) is 12.9. The van der Waals surface area contributed by atoms with E-state index in [1.165, 1.54) is 57.8 Å². The number of benzene rings is 2. The molecule has 0 radical (unpaired) electrons. The molecule has 5 heteroatoms. The summed E-state index contributed by atoms with van der Waals surface area (Å²) in [4.78, 5) is 20.1. The molecule has 3 rings (SSSR count). The van der Waals surface area contributed by atoms with Gasteiger partial charge >= 0.3 is 0 Å². The van der Waals surface area contributed by atoms with Crippen molar-refractivity contribution in [2.24, 2.45) is 0 Å². The van der Waals surface area contributed by atoms with Gasteiger partial charge in [0.05, 0.1) is 6.61 Å². The van der Waals surface area contributed by atoms with Gasteiger partial charge in [0.15, 0.2) is 5.82 Å². The number of unbranched alkanes of at least 4 members (excludes halogenated alkanes) is 9. The lowest BCUT2D eigenvalue weighted by molar-refractivity contribution is 0.108. The van der Waals surface area contributed by atoms with Gasteiger partial charge in [0.25, 0.3) is 5.24 Å². The summed E-state index contributed by atoms with van der Waals surface area (Å²) >= 11 is 5.50. The summed E-state index contributed by atoms with van der Waals surface area (Å²) in [5, 5.41) is -0.473. The van der Waals surface area contributed by atoms with Gasteiger partial charge in [-0.05, 0) is 47.9 Å². The van der Waals surface area contributed by atoms with Crippen LogP contribution in [0, 0.1) is 0 Å². The van der Waals surface area contributed by atoms with E-state index in [-0.39, 0.29) is 0 Å². The number of halogens is 1. The average Bonchev–Trinajstić information content (AvgIpc) is 2.88. The molecule has 0 bridgehead atoms. The molecule has 4 nitrogen and oxygen atoms in total. The van der Waals surface area contributed by atoms with Crippen LogP contribution in [-0.4, -0.2) is 21.8 Å². The summed E-state index contributed by atoms with van der Waals surface area (Å²) < 4.78 is 5.91. The summed E-state index contributed by atoms with van der Waals surface area (Å²) in [5.41, 5.74) is 3.28. The van der Waals surface area contributed by atoms with Crippen LogP contribution in [0.25, 0.3) is 22.5 Å². The Labute approximate surface area is 208 Å². The van der Waals surface area contributed by atoms with Crippen molar-refractivity contribution < 1.29 is 9.53 Å². The number of nitrogens with zero attached hydrogens (tertiary/aromatic N) is 2. The third kappa shape index (κ3) is 8.57. The number of carbonyl (C=O) groups is 1. The minimum absolute atomic E-state index is 0.456. The second-order valence-corrected chi connectivity index (χ2v) is 9.04. The highest BCUT2D eigenvalue weighted by atomic mass is 35.5. The van der Waals surface area contributed by atoms with Gasteiger partial charge in [-0.25, -0.2) is 9.97 Å². The van der Waals surface area contributed by atoms with E-state index in [2.05, 4.69) is 16.9 Å². The maximum atomic E-state index is 11.2. The molecule has 0 saturated carbocycles. The van der Waals surface area contributed by atoms with Crippen molar-refractivity contribution in [1.29, 1.82) is 0 Å². The second kappa shape index (κ2) is 14.5. The van der Waals surface area contributed by atoms with E-state index in [0.29, 0.717) is 11.4 Å². The van der Waals surface area contributed by atoms with Gasteiger partial charge in [0.2, 0.25) is 0 Å². The van der Waals surface area contributed by atoms with E-state index in [9.17, 15) is 4.79 Å². The highest BCUT2D eigenvalue weighted by Gasteiger charge is 2.06. The summed E-state index contributed by atoms with van der Waals surface area (Å²) in [6.07, 6.45) is 16.9. The Morgan fingerprint density at radius 1 is 0.706 bits per heavy atom. The molecule has 2 aromatic carbocycles. The van der Waals surface area contributed by atoms with Crippen LogP contribution in [0.5, 0.6) is 5.75 Å². The Hall–Kier alpha value is -2.72. The highest BCUT2D eigenvalue weighted by Crippen LogP contribution is 2.23. The fourth-order valence-corrected chi connectivity index (χ4v) is 4.03. The van der Waals surface area contributed by atoms with E-state index in [1.807, 2.05) is 36.7 Å². The molecule has 0 amide bonds. The monoisotopic (exact) mass is 478 g/mol. The van der Waals surface area contributed by atoms with Crippen molar-refractivity contribution in [2.45, 2.75) is 71.1 Å². The zero-order chi connectivity index (χ0) is 24.0. The summed E-state index contributed by atoms with van der Waals surface area (Å²) in [5.74, 6) is 1.50. The van der Waals surface area contributed by atoms with Crippen LogP contribution in [0.15, 0.2) is 60.9 Å². The van der Waals surface area contributed by atoms with Gasteiger partial charge in [-0.1, -0.05) is 89.0 Å². The van der Waals surface area contributed by atoms with E-state index >= 15 is 0 Å². The Kier molecular flexibility index (Phi) is 11.1. The first-order valence-electron chi connectivity index (χ1n) is 12.5. The Morgan fingerprint density at radius 3 is 1.79 bits per heavy atom. The Bertz CT molecular complexity index is 986. The third-order valence-corrected chi connectivity index (χ3v) is 6.19. The topological polar surface area (TPSA) is 52.1 Å². The smallest absolute Gasteiger partial charge is 0.252 e. The van der Waals surface area contributed by atoms with Crippen LogP contribution >= 0.6 is 11.6 Å². The normalized spacial score (nSPS) is 10.9. The molecule has 1 aromatic heterocycles. The molecule has 180 valence electrons. The lowest BCUT2D eigenvalue weighted by atomic mass is 10.1. The molecule has 0 fully saturated rings. The predicted octanol–water partition coefficient (Wildman–Crippen LogP) is 8.49. The van der Waals surface area contributed by atoms with E-state index in [0.717, 1.165) is 35.5 Å². The molecule has 0 aliphatic rings. The number of aromatic nitrogens is 2. The lowest BCUT2D eigenvalue weighted by Gasteiger charge is -2.08. The number of rotatable bonds is 15. The van der Waals surface area contributed by atoms with E-state index < -0.39 is 5.24 Å². The molecule has 0 N–H and O–H groups in total. The maximum Gasteiger partial charge on any atom is 0.252 e. The number of hydrogen-bond donors (Lipinski definition) is 0. The van der Waals surface area contributed by atoms with Crippen molar-refractivity contribution >= 4 is 16.8 Å². The SMILES string of the molecule is CCCCCCCCCCCCOc1ccc(-c2cnc(-c3ccc(C(=O)Cl)cc3)nc2)cc1. The van der Waals surface area contributed by atoms with Crippen molar-refractivity contribution in [3.63, 3.8) is 0 Å². The molecule has 3 aromatic rings. The lowest BCUT2D eigenvalue weighted by Crippen LogP contribution is -1.97. The van der Waals surface area contributed by atoms with Crippen LogP contribution in [0.1, 0.15) is 81.5 Å². The van der Waals surface area contributed by atoms with E-state index in [4.69, 9.17) is 16.3 Å². The van der Waals surface area contributed by atoms with Gasteiger partial charge in [-0.15, -0.1) is 0 Å². The standard InChI is InChI=1S/C29H35ClN2O2/c1-2-3-4-5-6-7-8-9-10-11-20-34-27-18-16-23(17-19-27)26-21-31-29(32-22-26)25-14-12-24(13-15-25)28(30)33/h12-19,21-22H,2-11,20H2,1H3. The van der Waals surface area contributed by atoms with Gasteiger partial charge in [0.1, 0.15) is 5.75 Å². The molecule has 1 heterocycles.